The Labute approximate surface area is 148 Å². The highest BCUT2D eigenvalue weighted by Gasteiger charge is 2.15. The van der Waals surface area contributed by atoms with E-state index in [1.54, 1.807) is 36.9 Å². The number of hydrogen-bond acceptors (Lipinski definition) is 7. The van der Waals surface area contributed by atoms with Gasteiger partial charge in [0.25, 0.3) is 5.56 Å². The molecule has 0 aliphatic carbocycles. The molecule has 1 N–H and O–H groups in total. The summed E-state index contributed by atoms with van der Waals surface area (Å²) < 4.78 is 6.21. The minimum atomic E-state index is -0.656. The lowest BCUT2D eigenvalue weighted by molar-refractivity contribution is 0.0601. The SMILES string of the molecule is COC(=O)c1ccc2c(=O)n(C[C@@H](C)O)c(SCCSC)nc2c1. The van der Waals surface area contributed by atoms with E-state index in [1.807, 2.05) is 6.26 Å². The van der Waals surface area contributed by atoms with Crippen LogP contribution in [0.15, 0.2) is 28.2 Å². The number of ether oxygens (including phenoxy) is 1. The van der Waals surface area contributed by atoms with E-state index in [1.165, 1.54) is 23.4 Å². The Morgan fingerprint density at radius 2 is 2.17 bits per heavy atom. The van der Waals surface area contributed by atoms with E-state index < -0.39 is 12.1 Å². The fourth-order valence-electron chi connectivity index (χ4n) is 2.20. The molecule has 130 valence electrons. The first-order valence-electron chi connectivity index (χ1n) is 7.40. The Hall–Kier alpha value is -1.51. The van der Waals surface area contributed by atoms with E-state index in [4.69, 9.17) is 4.74 Å². The van der Waals surface area contributed by atoms with Crippen molar-refractivity contribution in [2.75, 3.05) is 24.9 Å². The Bertz CT molecular complexity index is 789. The van der Waals surface area contributed by atoms with E-state index in [9.17, 15) is 14.7 Å². The standard InChI is InChI=1S/C16H20N2O4S2/c1-10(19)9-18-14(20)12-5-4-11(15(21)22-2)8-13(12)17-16(18)24-7-6-23-3/h4-5,8,10,19H,6-7,9H2,1-3H3/t10-/m1/s1. The maximum atomic E-state index is 12.7. The van der Waals surface area contributed by atoms with Gasteiger partial charge in [0.05, 0.1) is 36.2 Å². The molecule has 0 saturated carbocycles. The van der Waals surface area contributed by atoms with Crippen LogP contribution in [0.4, 0.5) is 0 Å². The van der Waals surface area contributed by atoms with Crippen molar-refractivity contribution in [3.8, 4) is 0 Å². The number of nitrogens with zero attached hydrogens (tertiary/aromatic N) is 2. The molecule has 0 unspecified atom stereocenters. The number of carbonyl (C=O) groups excluding carboxylic acids is 1. The van der Waals surface area contributed by atoms with Crippen molar-refractivity contribution in [2.24, 2.45) is 0 Å². The maximum absolute atomic E-state index is 12.7. The summed E-state index contributed by atoms with van der Waals surface area (Å²) in [5.41, 5.74) is 0.589. The molecule has 0 aliphatic rings. The molecule has 8 heteroatoms. The fraction of sp³-hybridized carbons (Fsp3) is 0.438. The molecule has 0 saturated heterocycles. The van der Waals surface area contributed by atoms with Gasteiger partial charge in [-0.15, -0.1) is 0 Å². The summed E-state index contributed by atoms with van der Waals surface area (Å²) >= 11 is 3.18. The number of methoxy groups -OCH3 is 1. The minimum absolute atomic E-state index is 0.183. The lowest BCUT2D eigenvalue weighted by Crippen LogP contribution is -2.28. The topological polar surface area (TPSA) is 81.4 Å². The smallest absolute Gasteiger partial charge is 0.337 e. The van der Waals surface area contributed by atoms with Crippen molar-refractivity contribution in [1.82, 2.24) is 9.55 Å². The van der Waals surface area contributed by atoms with Gasteiger partial charge < -0.3 is 9.84 Å². The second-order valence-corrected chi connectivity index (χ2v) is 7.27. The zero-order valence-electron chi connectivity index (χ0n) is 13.8. The van der Waals surface area contributed by atoms with Gasteiger partial charge in [-0.2, -0.15) is 11.8 Å². The summed E-state index contributed by atoms with van der Waals surface area (Å²) in [5.74, 6) is 1.26. The molecule has 1 aromatic carbocycles. The molecular weight excluding hydrogens is 348 g/mol. The average molecular weight is 368 g/mol. The Balaban J connectivity index is 2.56. The molecule has 1 atom stereocenters. The molecule has 2 aromatic rings. The van der Waals surface area contributed by atoms with Gasteiger partial charge >= 0.3 is 5.97 Å². The van der Waals surface area contributed by atoms with Crippen LogP contribution in [0.25, 0.3) is 10.9 Å². The second kappa shape index (κ2) is 8.55. The highest BCUT2D eigenvalue weighted by atomic mass is 32.2. The predicted molar refractivity (Wildman–Crippen MR) is 98.1 cm³/mol. The van der Waals surface area contributed by atoms with Crippen molar-refractivity contribution in [3.05, 3.63) is 34.1 Å². The van der Waals surface area contributed by atoms with Gasteiger partial charge in [-0.1, -0.05) is 11.8 Å². The van der Waals surface area contributed by atoms with Gasteiger partial charge in [-0.3, -0.25) is 9.36 Å². The molecular formula is C16H20N2O4S2. The third kappa shape index (κ3) is 4.31. The Kier molecular flexibility index (Phi) is 6.70. The summed E-state index contributed by atoms with van der Waals surface area (Å²) in [6.45, 7) is 1.81. The summed E-state index contributed by atoms with van der Waals surface area (Å²) in [7, 11) is 1.31. The van der Waals surface area contributed by atoms with E-state index in [-0.39, 0.29) is 12.1 Å². The molecule has 24 heavy (non-hydrogen) atoms. The monoisotopic (exact) mass is 368 g/mol. The lowest BCUT2D eigenvalue weighted by Gasteiger charge is -2.14. The summed E-state index contributed by atoms with van der Waals surface area (Å²) in [6.07, 6.45) is 1.36. The third-order valence-electron chi connectivity index (χ3n) is 3.31. The van der Waals surface area contributed by atoms with Gasteiger partial charge in [-0.05, 0) is 31.4 Å². The number of carbonyl (C=O) groups is 1. The summed E-state index contributed by atoms with van der Waals surface area (Å²) in [6, 6.07) is 4.68. The number of esters is 1. The zero-order chi connectivity index (χ0) is 17.7. The largest absolute Gasteiger partial charge is 0.465 e. The van der Waals surface area contributed by atoms with Crippen molar-refractivity contribution in [3.63, 3.8) is 0 Å². The van der Waals surface area contributed by atoms with E-state index >= 15 is 0 Å². The van der Waals surface area contributed by atoms with Crippen LogP contribution >= 0.6 is 23.5 Å². The first kappa shape index (κ1) is 18.8. The summed E-state index contributed by atoms with van der Waals surface area (Å²) in [5, 5.41) is 10.6. The normalized spacial score (nSPS) is 12.3. The van der Waals surface area contributed by atoms with Gasteiger partial charge in [0, 0.05) is 11.5 Å². The molecule has 1 heterocycles. The van der Waals surface area contributed by atoms with E-state index in [0.717, 1.165) is 11.5 Å². The van der Waals surface area contributed by atoms with E-state index in [0.29, 0.717) is 21.6 Å². The van der Waals surface area contributed by atoms with Crippen molar-refractivity contribution in [1.29, 1.82) is 0 Å². The first-order chi connectivity index (χ1) is 11.5. The van der Waals surface area contributed by atoms with E-state index in [2.05, 4.69) is 4.98 Å². The number of aromatic nitrogens is 2. The Morgan fingerprint density at radius 3 is 2.79 bits per heavy atom. The zero-order valence-corrected chi connectivity index (χ0v) is 15.4. The molecule has 0 aliphatic heterocycles. The van der Waals surface area contributed by atoms with Gasteiger partial charge in [0.2, 0.25) is 0 Å². The number of rotatable bonds is 7. The number of fused-ring (bicyclic) bond motifs is 1. The van der Waals surface area contributed by atoms with Gasteiger partial charge in [0.15, 0.2) is 5.16 Å². The molecule has 0 spiro atoms. The van der Waals surface area contributed by atoms with Crippen molar-refractivity contribution in [2.45, 2.75) is 24.7 Å². The predicted octanol–water partition coefficient (Wildman–Crippen LogP) is 2.02. The number of thioether (sulfide) groups is 2. The number of hydrogen-bond donors (Lipinski definition) is 1. The molecule has 0 radical (unpaired) electrons. The van der Waals surface area contributed by atoms with Gasteiger partial charge in [-0.25, -0.2) is 9.78 Å². The molecule has 0 amide bonds. The highest BCUT2D eigenvalue weighted by molar-refractivity contribution is 8.02. The maximum Gasteiger partial charge on any atom is 0.337 e. The van der Waals surface area contributed by atoms with Crippen LogP contribution < -0.4 is 5.56 Å². The number of aliphatic hydroxyl groups excluding tert-OH is 1. The van der Waals surface area contributed by atoms with Crippen LogP contribution in [0.5, 0.6) is 0 Å². The van der Waals surface area contributed by atoms with Crippen LogP contribution in [-0.2, 0) is 11.3 Å². The van der Waals surface area contributed by atoms with Crippen LogP contribution in [0.1, 0.15) is 17.3 Å². The molecule has 2 rings (SSSR count). The first-order valence-corrected chi connectivity index (χ1v) is 9.78. The third-order valence-corrected chi connectivity index (χ3v) is 5.16. The summed E-state index contributed by atoms with van der Waals surface area (Å²) in [4.78, 5) is 29.0. The lowest BCUT2D eigenvalue weighted by atomic mass is 10.1. The number of aliphatic hydroxyl groups is 1. The van der Waals surface area contributed by atoms with Crippen molar-refractivity contribution < 1.29 is 14.6 Å². The fourth-order valence-corrected chi connectivity index (χ4v) is 3.86. The molecule has 1 aromatic heterocycles. The van der Waals surface area contributed by atoms with Crippen LogP contribution in [-0.4, -0.2) is 51.6 Å². The van der Waals surface area contributed by atoms with Gasteiger partial charge in [0.1, 0.15) is 0 Å². The molecule has 0 bridgehead atoms. The molecule has 0 fully saturated rings. The second-order valence-electron chi connectivity index (χ2n) is 5.22. The van der Waals surface area contributed by atoms with Crippen LogP contribution in [0.2, 0.25) is 0 Å². The van der Waals surface area contributed by atoms with Crippen LogP contribution in [0, 0.1) is 0 Å². The highest BCUT2D eigenvalue weighted by Crippen LogP contribution is 2.20. The number of benzene rings is 1. The average Bonchev–Trinajstić information content (AvgIpc) is 2.56. The quantitative estimate of drug-likeness (QED) is 0.346. The Morgan fingerprint density at radius 1 is 1.42 bits per heavy atom. The van der Waals surface area contributed by atoms with Crippen molar-refractivity contribution >= 4 is 40.4 Å². The minimum Gasteiger partial charge on any atom is -0.465 e. The van der Waals surface area contributed by atoms with Crippen LogP contribution in [0.3, 0.4) is 0 Å². The molecule has 6 nitrogen and oxygen atoms in total.